The van der Waals surface area contributed by atoms with Crippen LogP contribution in [-0.4, -0.2) is 26.7 Å². The Balaban J connectivity index is 2.57. The molecule has 27 heavy (non-hydrogen) atoms. The number of fused-ring (bicyclic) bond motifs is 1. The second-order valence-corrected chi connectivity index (χ2v) is 8.55. The van der Waals surface area contributed by atoms with Crippen LogP contribution in [0.15, 0.2) is 28.2 Å². The van der Waals surface area contributed by atoms with Crippen molar-refractivity contribution in [3.63, 3.8) is 0 Å². The lowest BCUT2D eigenvalue weighted by Gasteiger charge is -2.21. The second kappa shape index (κ2) is 8.75. The Morgan fingerprint density at radius 2 is 1.96 bits per heavy atom. The van der Waals surface area contributed by atoms with Gasteiger partial charge in [-0.3, -0.25) is 19.5 Å². The molecule has 2 rings (SSSR count). The minimum atomic E-state index is -0.910. The number of nitrogens with one attached hydrogen (secondary N) is 1. The number of thioether (sulfide) groups is 1. The number of nitrogens with two attached hydrogens (primary N) is 1. The minimum Gasteiger partial charge on any atom is -0.351 e. The first-order valence-corrected chi connectivity index (χ1v) is 9.83. The molecule has 3 amide bonds. The molecule has 1 atom stereocenters. The molecule has 0 radical (unpaired) electrons. The van der Waals surface area contributed by atoms with E-state index in [2.05, 4.69) is 10.3 Å². The molecule has 0 spiro atoms. The summed E-state index contributed by atoms with van der Waals surface area (Å²) in [4.78, 5) is 41.0. The number of imide groups is 1. The lowest BCUT2D eigenvalue weighted by atomic mass is 10.1. The summed E-state index contributed by atoms with van der Waals surface area (Å²) in [5.74, 6) is -0.429. The number of hydrogen-bond acceptors (Lipinski definition) is 5. The van der Waals surface area contributed by atoms with Crippen LogP contribution in [0.1, 0.15) is 27.7 Å². The van der Waals surface area contributed by atoms with Crippen LogP contribution in [0.25, 0.3) is 10.9 Å². The summed E-state index contributed by atoms with van der Waals surface area (Å²) in [5.41, 5.74) is 5.36. The van der Waals surface area contributed by atoms with Crippen LogP contribution in [0, 0.1) is 11.8 Å². The van der Waals surface area contributed by atoms with E-state index < -0.39 is 17.2 Å². The topological polar surface area (TPSA) is 107 Å². The van der Waals surface area contributed by atoms with Crippen LogP contribution >= 0.6 is 23.4 Å². The third kappa shape index (κ3) is 5.23. The first kappa shape index (κ1) is 21.2. The van der Waals surface area contributed by atoms with Crippen LogP contribution in [0.2, 0.25) is 5.02 Å². The summed E-state index contributed by atoms with van der Waals surface area (Å²) in [6, 6.07) is 4.03. The van der Waals surface area contributed by atoms with Crippen molar-refractivity contribution in [2.24, 2.45) is 17.6 Å². The van der Waals surface area contributed by atoms with Crippen molar-refractivity contribution in [3.8, 4) is 0 Å². The summed E-state index contributed by atoms with van der Waals surface area (Å²) in [5, 5.41) is 2.78. The van der Waals surface area contributed by atoms with Gasteiger partial charge in [-0.15, -0.1) is 0 Å². The van der Waals surface area contributed by atoms with Crippen molar-refractivity contribution in [3.05, 3.63) is 33.6 Å². The molecular formula is C18H23ClN4O3S. The molecule has 0 saturated heterocycles. The van der Waals surface area contributed by atoms with Crippen molar-refractivity contribution in [1.82, 2.24) is 14.9 Å². The Labute approximate surface area is 166 Å². The fourth-order valence-electron chi connectivity index (χ4n) is 2.59. The average Bonchev–Trinajstić information content (AvgIpc) is 2.55. The number of primary amides is 1. The van der Waals surface area contributed by atoms with Crippen molar-refractivity contribution in [1.29, 1.82) is 0 Å². The van der Waals surface area contributed by atoms with E-state index >= 15 is 0 Å². The molecule has 1 aromatic carbocycles. The van der Waals surface area contributed by atoms with Crippen molar-refractivity contribution >= 4 is 46.2 Å². The standard InChI is InChI=1S/C18H23ClN4O3S/c1-9(2)8-23-16(25)12-7-11(19)5-6-13(12)21-18(23)27-14(10(3)4)15(24)22-17(20)26/h5-7,9-10,14H,8H2,1-4H3,(H3,20,22,24,26)/t14-/m0/s1. The Kier molecular flexibility index (Phi) is 6.89. The van der Waals surface area contributed by atoms with Gasteiger partial charge in [0.15, 0.2) is 5.16 Å². The molecular weight excluding hydrogens is 388 g/mol. The van der Waals surface area contributed by atoms with Gasteiger partial charge in [-0.2, -0.15) is 0 Å². The fraction of sp³-hybridized carbons (Fsp3) is 0.444. The average molecular weight is 411 g/mol. The van der Waals surface area contributed by atoms with Gasteiger partial charge in [0.1, 0.15) is 0 Å². The Hall–Kier alpha value is -2.06. The predicted molar refractivity (Wildman–Crippen MR) is 108 cm³/mol. The summed E-state index contributed by atoms with van der Waals surface area (Å²) < 4.78 is 1.56. The third-order valence-electron chi connectivity index (χ3n) is 3.77. The summed E-state index contributed by atoms with van der Waals surface area (Å²) in [6.07, 6.45) is 0. The molecule has 0 aliphatic carbocycles. The van der Waals surface area contributed by atoms with Crippen LogP contribution < -0.4 is 16.6 Å². The lowest BCUT2D eigenvalue weighted by Crippen LogP contribution is -2.42. The SMILES string of the molecule is CC(C)Cn1c(S[C@H](C(=O)NC(N)=O)C(C)C)nc2ccc(Cl)cc2c1=O. The lowest BCUT2D eigenvalue weighted by molar-refractivity contribution is -0.120. The van der Waals surface area contributed by atoms with Gasteiger partial charge in [-0.05, 0) is 30.0 Å². The molecule has 2 aromatic rings. The third-order valence-corrected chi connectivity index (χ3v) is 5.54. The highest BCUT2D eigenvalue weighted by Gasteiger charge is 2.27. The number of halogens is 1. The number of rotatable bonds is 6. The van der Waals surface area contributed by atoms with E-state index in [-0.39, 0.29) is 17.4 Å². The number of hydrogen-bond donors (Lipinski definition) is 2. The van der Waals surface area contributed by atoms with Crippen LogP contribution in [-0.2, 0) is 11.3 Å². The molecule has 7 nitrogen and oxygen atoms in total. The van der Waals surface area contributed by atoms with Gasteiger partial charge in [-0.25, -0.2) is 9.78 Å². The van der Waals surface area contributed by atoms with E-state index in [4.69, 9.17) is 17.3 Å². The number of nitrogens with zero attached hydrogens (tertiary/aromatic N) is 2. The number of urea groups is 1. The fourth-order valence-corrected chi connectivity index (χ4v) is 3.86. The van der Waals surface area contributed by atoms with E-state index in [1.807, 2.05) is 27.7 Å². The molecule has 0 saturated carbocycles. The summed E-state index contributed by atoms with van der Waals surface area (Å²) in [7, 11) is 0. The maximum absolute atomic E-state index is 13.0. The van der Waals surface area contributed by atoms with Crippen molar-refractivity contribution < 1.29 is 9.59 Å². The van der Waals surface area contributed by atoms with Gasteiger partial charge in [0.05, 0.1) is 16.2 Å². The number of amides is 3. The van der Waals surface area contributed by atoms with Crippen molar-refractivity contribution in [2.75, 3.05) is 0 Å². The van der Waals surface area contributed by atoms with Crippen LogP contribution in [0.3, 0.4) is 0 Å². The zero-order valence-corrected chi connectivity index (χ0v) is 17.2. The molecule has 1 aromatic heterocycles. The van der Waals surface area contributed by atoms with Gasteiger partial charge >= 0.3 is 6.03 Å². The molecule has 1 heterocycles. The highest BCUT2D eigenvalue weighted by molar-refractivity contribution is 8.00. The van der Waals surface area contributed by atoms with E-state index in [1.54, 1.807) is 22.8 Å². The summed E-state index contributed by atoms with van der Waals surface area (Å²) in [6.45, 7) is 8.12. The first-order chi connectivity index (χ1) is 12.6. The molecule has 146 valence electrons. The highest BCUT2D eigenvalue weighted by Crippen LogP contribution is 2.28. The molecule has 3 N–H and O–H groups in total. The second-order valence-electron chi connectivity index (χ2n) is 7.00. The summed E-state index contributed by atoms with van der Waals surface area (Å²) >= 11 is 7.17. The number of carbonyl (C=O) groups is 2. The Bertz CT molecular complexity index is 927. The smallest absolute Gasteiger partial charge is 0.318 e. The molecule has 0 fully saturated rings. The van der Waals surface area contributed by atoms with E-state index in [0.29, 0.717) is 27.6 Å². The molecule has 0 aliphatic rings. The quantitative estimate of drug-likeness (QED) is 0.562. The molecule has 0 bridgehead atoms. The highest BCUT2D eigenvalue weighted by atomic mass is 35.5. The molecule has 0 unspecified atom stereocenters. The normalized spacial score (nSPS) is 12.6. The van der Waals surface area contributed by atoms with E-state index in [0.717, 1.165) is 11.8 Å². The van der Waals surface area contributed by atoms with Gasteiger partial charge in [0, 0.05) is 11.6 Å². The predicted octanol–water partition coefficient (Wildman–Crippen LogP) is 3.02. The number of benzene rings is 1. The zero-order valence-electron chi connectivity index (χ0n) is 15.7. The van der Waals surface area contributed by atoms with Crippen LogP contribution in [0.5, 0.6) is 0 Å². The van der Waals surface area contributed by atoms with Gasteiger partial charge in [0.2, 0.25) is 5.91 Å². The number of carbonyl (C=O) groups excluding carboxylic acids is 2. The van der Waals surface area contributed by atoms with Crippen LogP contribution in [0.4, 0.5) is 4.79 Å². The van der Waals surface area contributed by atoms with Gasteiger partial charge in [-0.1, -0.05) is 51.1 Å². The minimum absolute atomic E-state index is 0.111. The molecule has 0 aliphatic heterocycles. The maximum Gasteiger partial charge on any atom is 0.318 e. The first-order valence-electron chi connectivity index (χ1n) is 8.57. The van der Waals surface area contributed by atoms with Gasteiger partial charge in [0.25, 0.3) is 5.56 Å². The van der Waals surface area contributed by atoms with E-state index in [9.17, 15) is 14.4 Å². The number of aromatic nitrogens is 2. The maximum atomic E-state index is 13.0. The van der Waals surface area contributed by atoms with Crippen molar-refractivity contribution in [2.45, 2.75) is 44.6 Å². The monoisotopic (exact) mass is 410 g/mol. The Morgan fingerprint density at radius 1 is 1.30 bits per heavy atom. The Morgan fingerprint density at radius 3 is 2.52 bits per heavy atom. The van der Waals surface area contributed by atoms with E-state index in [1.165, 1.54) is 0 Å². The largest absolute Gasteiger partial charge is 0.351 e. The zero-order chi connectivity index (χ0) is 20.3. The molecule has 9 heteroatoms. The van der Waals surface area contributed by atoms with Gasteiger partial charge < -0.3 is 5.73 Å².